The molecule has 94 valence electrons. The van der Waals surface area contributed by atoms with Gasteiger partial charge < -0.3 is 4.90 Å². The number of hydrogen-bond acceptors (Lipinski definition) is 4. The lowest BCUT2D eigenvalue weighted by atomic mass is 10.2. The summed E-state index contributed by atoms with van der Waals surface area (Å²) >= 11 is 5.58. The third kappa shape index (κ3) is 2.84. The van der Waals surface area contributed by atoms with Crippen LogP contribution in [0.1, 0.15) is 5.56 Å². The van der Waals surface area contributed by atoms with Gasteiger partial charge in [-0.2, -0.15) is 0 Å². The van der Waals surface area contributed by atoms with E-state index in [0.717, 1.165) is 6.20 Å². The first-order valence-corrected chi connectivity index (χ1v) is 5.51. The van der Waals surface area contributed by atoms with Crippen LogP contribution >= 0.6 is 11.6 Å². The lowest BCUT2D eigenvalue weighted by Crippen LogP contribution is -2.19. The fourth-order valence-electron chi connectivity index (χ4n) is 1.62. The molecule has 0 aliphatic carbocycles. The number of hydrogen-bond donors (Lipinski definition) is 0. The van der Waals surface area contributed by atoms with Crippen molar-refractivity contribution >= 4 is 17.8 Å². The monoisotopic (exact) mass is 269 g/mol. The molecule has 1 aromatic carbocycles. The maximum Gasteiger partial charge on any atom is 0.276 e. The minimum absolute atomic E-state index is 0.0532. The molecule has 0 spiro atoms. The van der Waals surface area contributed by atoms with E-state index in [1.54, 1.807) is 17.2 Å². The van der Waals surface area contributed by atoms with Crippen LogP contribution < -0.4 is 0 Å². The van der Waals surface area contributed by atoms with Crippen molar-refractivity contribution in [3.8, 4) is 0 Å². The van der Waals surface area contributed by atoms with Gasteiger partial charge in [-0.25, -0.2) is 9.38 Å². The van der Waals surface area contributed by atoms with Crippen molar-refractivity contribution in [2.75, 3.05) is 6.54 Å². The van der Waals surface area contributed by atoms with Crippen molar-refractivity contribution in [1.29, 1.82) is 0 Å². The van der Waals surface area contributed by atoms with Crippen molar-refractivity contribution in [2.45, 2.75) is 6.54 Å². The molecule has 0 amide bonds. The van der Waals surface area contributed by atoms with Crippen LogP contribution in [0, 0.1) is 15.9 Å². The SMILES string of the molecule is O=[N+]([O-])C=C1N=CCN1Cc1ccc(Cl)c(F)c1. The zero-order valence-corrected chi connectivity index (χ0v) is 9.97. The van der Waals surface area contributed by atoms with Crippen LogP contribution in [0.2, 0.25) is 5.02 Å². The quantitative estimate of drug-likeness (QED) is 0.625. The van der Waals surface area contributed by atoms with E-state index in [1.165, 1.54) is 12.1 Å². The second kappa shape index (κ2) is 5.14. The minimum atomic E-state index is -0.562. The third-order valence-electron chi connectivity index (χ3n) is 2.43. The molecule has 5 nitrogen and oxygen atoms in total. The molecule has 0 saturated carbocycles. The van der Waals surface area contributed by atoms with Crippen LogP contribution in [0.4, 0.5) is 4.39 Å². The standard InChI is InChI=1S/C11H9ClFN3O2/c12-9-2-1-8(5-10(9)13)6-15-4-3-14-11(15)7-16(17)18/h1-3,5,7H,4,6H2. The van der Waals surface area contributed by atoms with Gasteiger partial charge >= 0.3 is 0 Å². The molecule has 0 unspecified atom stereocenters. The fraction of sp³-hybridized carbons (Fsp3) is 0.182. The summed E-state index contributed by atoms with van der Waals surface area (Å²) in [6, 6.07) is 4.44. The molecule has 0 saturated heterocycles. The second-order valence-electron chi connectivity index (χ2n) is 3.71. The largest absolute Gasteiger partial charge is 0.342 e. The van der Waals surface area contributed by atoms with Gasteiger partial charge in [-0.3, -0.25) is 10.1 Å². The summed E-state index contributed by atoms with van der Waals surface area (Å²) in [5.41, 5.74) is 0.677. The smallest absolute Gasteiger partial charge is 0.276 e. The molecule has 0 N–H and O–H groups in total. The van der Waals surface area contributed by atoms with Crippen molar-refractivity contribution in [2.24, 2.45) is 4.99 Å². The lowest BCUT2D eigenvalue weighted by molar-refractivity contribution is -0.404. The number of nitrogens with zero attached hydrogens (tertiary/aromatic N) is 3. The van der Waals surface area contributed by atoms with Crippen LogP contribution in [-0.4, -0.2) is 22.6 Å². The van der Waals surface area contributed by atoms with E-state index in [1.807, 2.05) is 0 Å². The van der Waals surface area contributed by atoms with E-state index in [9.17, 15) is 14.5 Å². The predicted octanol–water partition coefficient (Wildman–Crippen LogP) is 2.44. The topological polar surface area (TPSA) is 58.7 Å². The van der Waals surface area contributed by atoms with E-state index < -0.39 is 10.7 Å². The molecular formula is C11H9ClFN3O2. The Morgan fingerprint density at radius 3 is 3.06 bits per heavy atom. The highest BCUT2D eigenvalue weighted by molar-refractivity contribution is 6.30. The average molecular weight is 270 g/mol. The van der Waals surface area contributed by atoms with Crippen molar-refractivity contribution in [1.82, 2.24) is 4.90 Å². The zero-order chi connectivity index (χ0) is 13.1. The highest BCUT2D eigenvalue weighted by atomic mass is 35.5. The maximum atomic E-state index is 13.3. The van der Waals surface area contributed by atoms with Gasteiger partial charge in [0.2, 0.25) is 0 Å². The van der Waals surface area contributed by atoms with Crippen molar-refractivity contribution in [3.63, 3.8) is 0 Å². The van der Waals surface area contributed by atoms with Gasteiger partial charge in [0.1, 0.15) is 5.82 Å². The molecule has 0 atom stereocenters. The van der Waals surface area contributed by atoms with E-state index in [-0.39, 0.29) is 10.8 Å². The van der Waals surface area contributed by atoms with Crippen LogP contribution in [0.25, 0.3) is 0 Å². The number of halogens is 2. The Morgan fingerprint density at radius 1 is 1.61 bits per heavy atom. The number of aliphatic imine (C=N–C) groups is 1. The van der Waals surface area contributed by atoms with Gasteiger partial charge in [-0.1, -0.05) is 17.7 Å². The molecule has 0 fully saturated rings. The van der Waals surface area contributed by atoms with Crippen LogP contribution in [0.5, 0.6) is 0 Å². The summed E-state index contributed by atoms with van der Waals surface area (Å²) in [5, 5.41) is 10.5. The highest BCUT2D eigenvalue weighted by Gasteiger charge is 2.17. The Kier molecular flexibility index (Phi) is 3.57. The van der Waals surface area contributed by atoms with Crippen LogP contribution in [0.15, 0.2) is 35.2 Å². The summed E-state index contributed by atoms with van der Waals surface area (Å²) in [5.74, 6) is -0.246. The highest BCUT2D eigenvalue weighted by Crippen LogP contribution is 2.19. The number of benzene rings is 1. The summed E-state index contributed by atoms with van der Waals surface area (Å²) in [4.78, 5) is 15.4. The minimum Gasteiger partial charge on any atom is -0.342 e. The predicted molar refractivity (Wildman–Crippen MR) is 65.4 cm³/mol. The Bertz CT molecular complexity index is 545. The molecular weight excluding hydrogens is 261 g/mol. The normalized spacial score (nSPS) is 16.6. The van der Waals surface area contributed by atoms with Crippen molar-refractivity contribution < 1.29 is 9.31 Å². The van der Waals surface area contributed by atoms with Crippen LogP contribution in [-0.2, 0) is 6.54 Å². The lowest BCUT2D eigenvalue weighted by Gasteiger charge is -2.16. The Balaban J connectivity index is 2.14. The van der Waals surface area contributed by atoms with Gasteiger partial charge in [0.05, 0.1) is 16.5 Å². The van der Waals surface area contributed by atoms with Gasteiger partial charge in [-0.15, -0.1) is 0 Å². The number of rotatable bonds is 3. The Morgan fingerprint density at radius 2 is 2.39 bits per heavy atom. The molecule has 2 rings (SSSR count). The molecule has 7 heteroatoms. The van der Waals surface area contributed by atoms with Gasteiger partial charge in [0, 0.05) is 12.8 Å². The van der Waals surface area contributed by atoms with Gasteiger partial charge in [0.25, 0.3) is 6.20 Å². The molecule has 1 heterocycles. The van der Waals surface area contributed by atoms with E-state index in [2.05, 4.69) is 4.99 Å². The molecule has 1 aliphatic rings. The number of nitro groups is 1. The Hall–Kier alpha value is -1.95. The van der Waals surface area contributed by atoms with E-state index in [4.69, 9.17) is 11.6 Å². The zero-order valence-electron chi connectivity index (χ0n) is 9.22. The molecule has 0 aromatic heterocycles. The van der Waals surface area contributed by atoms with E-state index >= 15 is 0 Å². The first kappa shape index (κ1) is 12.5. The molecule has 1 aliphatic heterocycles. The average Bonchev–Trinajstić information content (AvgIpc) is 2.70. The molecule has 18 heavy (non-hydrogen) atoms. The fourth-order valence-corrected chi connectivity index (χ4v) is 1.74. The summed E-state index contributed by atoms with van der Waals surface area (Å²) in [6.07, 6.45) is 2.40. The molecule has 0 radical (unpaired) electrons. The van der Waals surface area contributed by atoms with Gasteiger partial charge in [0.15, 0.2) is 5.82 Å². The summed E-state index contributed by atoms with van der Waals surface area (Å²) in [6.45, 7) is 0.803. The third-order valence-corrected chi connectivity index (χ3v) is 2.73. The van der Waals surface area contributed by atoms with Crippen LogP contribution in [0.3, 0.4) is 0 Å². The summed E-state index contributed by atoms with van der Waals surface area (Å²) in [7, 11) is 0. The van der Waals surface area contributed by atoms with Gasteiger partial charge in [-0.05, 0) is 17.7 Å². The first-order chi connectivity index (χ1) is 8.56. The first-order valence-electron chi connectivity index (χ1n) is 5.13. The second-order valence-corrected chi connectivity index (χ2v) is 4.12. The molecule has 0 bridgehead atoms. The maximum absolute atomic E-state index is 13.3. The molecule has 1 aromatic rings. The van der Waals surface area contributed by atoms with Crippen molar-refractivity contribution in [3.05, 3.63) is 56.7 Å². The Labute approximate surface area is 107 Å². The summed E-state index contributed by atoms with van der Waals surface area (Å²) < 4.78 is 13.3. The van der Waals surface area contributed by atoms with E-state index in [0.29, 0.717) is 18.7 Å².